The van der Waals surface area contributed by atoms with Crippen molar-refractivity contribution >= 4 is 11.0 Å². The van der Waals surface area contributed by atoms with Crippen LogP contribution in [0.5, 0.6) is 0 Å². The summed E-state index contributed by atoms with van der Waals surface area (Å²) in [4.78, 5) is 15.0. The van der Waals surface area contributed by atoms with Crippen LogP contribution in [0.15, 0.2) is 51.7 Å². The molecule has 0 aliphatic carbocycles. The molecule has 182 valence electrons. The van der Waals surface area contributed by atoms with E-state index in [1.165, 1.54) is 24.3 Å². The maximum atomic E-state index is 13.9. The second kappa shape index (κ2) is 9.07. The number of likely N-dealkylation sites (tertiary alicyclic amines) is 1. The van der Waals surface area contributed by atoms with Crippen LogP contribution in [-0.4, -0.2) is 38.9 Å². The van der Waals surface area contributed by atoms with Gasteiger partial charge in [-0.1, -0.05) is 12.1 Å². The first kappa shape index (κ1) is 22.2. The number of rotatable bonds is 5. The van der Waals surface area contributed by atoms with Crippen LogP contribution in [0, 0.1) is 11.6 Å². The third-order valence-corrected chi connectivity index (χ3v) is 7.43. The van der Waals surface area contributed by atoms with Gasteiger partial charge in [-0.15, -0.1) is 0 Å². The first-order valence-corrected chi connectivity index (χ1v) is 12.4. The Morgan fingerprint density at radius 1 is 0.943 bits per heavy atom. The van der Waals surface area contributed by atoms with Crippen LogP contribution in [-0.2, 0) is 19.5 Å². The zero-order chi connectivity index (χ0) is 23.9. The number of nitrogens with zero attached hydrogens (tertiary/aromatic N) is 4. The maximum absolute atomic E-state index is 13.9. The van der Waals surface area contributed by atoms with Gasteiger partial charge in [-0.25, -0.2) is 18.3 Å². The van der Waals surface area contributed by atoms with E-state index < -0.39 is 0 Å². The molecule has 1 saturated heterocycles. The molecule has 2 aromatic heterocycles. The molecule has 0 unspecified atom stereocenters. The lowest BCUT2D eigenvalue weighted by molar-refractivity contribution is 0.194. The molecule has 35 heavy (non-hydrogen) atoms. The number of hydrogen-bond donors (Lipinski definition) is 0. The van der Waals surface area contributed by atoms with Crippen molar-refractivity contribution in [3.8, 4) is 11.1 Å². The Labute approximate surface area is 201 Å². The molecule has 0 saturated carbocycles. The molecule has 2 aromatic carbocycles. The largest absolute Gasteiger partial charge is 0.460 e. The van der Waals surface area contributed by atoms with Crippen molar-refractivity contribution in [1.82, 2.24) is 19.2 Å². The van der Waals surface area contributed by atoms with Gasteiger partial charge in [0.1, 0.15) is 28.8 Å². The highest BCUT2D eigenvalue weighted by molar-refractivity contribution is 5.96. The molecule has 1 fully saturated rings. The minimum atomic E-state index is -0.338. The van der Waals surface area contributed by atoms with Crippen molar-refractivity contribution in [2.45, 2.75) is 51.1 Å². The third-order valence-electron chi connectivity index (χ3n) is 7.43. The standard InChI is InChI=1S/C27H28F2N4O2/c28-20-6-4-18(5-7-20)25-22-9-8-21(29)17-23(22)35-26(25)19-10-13-31(14-11-19)15-16-33-27(34)32-12-2-1-3-24(32)30-33/h4-9,17,19H,1-3,10-16H2. The van der Waals surface area contributed by atoms with Crippen LogP contribution in [0.3, 0.4) is 0 Å². The summed E-state index contributed by atoms with van der Waals surface area (Å²) in [5, 5.41) is 5.39. The predicted octanol–water partition coefficient (Wildman–Crippen LogP) is 4.95. The zero-order valence-corrected chi connectivity index (χ0v) is 19.6. The number of halogens is 2. The number of furan rings is 1. The van der Waals surface area contributed by atoms with Crippen LogP contribution >= 0.6 is 0 Å². The predicted molar refractivity (Wildman–Crippen MR) is 129 cm³/mol. The molecule has 0 atom stereocenters. The second-order valence-corrected chi connectivity index (χ2v) is 9.64. The smallest absolute Gasteiger partial charge is 0.345 e. The molecular formula is C27H28F2N4O2. The first-order chi connectivity index (χ1) is 17.1. The van der Waals surface area contributed by atoms with Crippen molar-refractivity contribution < 1.29 is 13.2 Å². The fourth-order valence-electron chi connectivity index (χ4n) is 5.54. The first-order valence-electron chi connectivity index (χ1n) is 12.4. The van der Waals surface area contributed by atoms with Gasteiger partial charge in [-0.2, -0.15) is 5.10 Å². The highest BCUT2D eigenvalue weighted by atomic mass is 19.1. The van der Waals surface area contributed by atoms with Crippen LogP contribution in [0.1, 0.15) is 43.2 Å². The van der Waals surface area contributed by atoms with Crippen LogP contribution in [0.4, 0.5) is 8.78 Å². The third kappa shape index (κ3) is 4.20. The van der Waals surface area contributed by atoms with Gasteiger partial charge in [0.25, 0.3) is 0 Å². The summed E-state index contributed by atoms with van der Waals surface area (Å²) < 4.78 is 37.1. The van der Waals surface area contributed by atoms with Gasteiger partial charge < -0.3 is 9.32 Å². The topological polar surface area (TPSA) is 56.2 Å². The maximum Gasteiger partial charge on any atom is 0.345 e. The Bertz CT molecular complexity index is 1410. The molecule has 0 radical (unpaired) electrons. The van der Waals surface area contributed by atoms with E-state index in [-0.39, 0.29) is 23.2 Å². The normalized spacial score (nSPS) is 17.2. The van der Waals surface area contributed by atoms with Crippen LogP contribution < -0.4 is 5.69 Å². The number of piperidine rings is 1. The molecule has 2 aliphatic heterocycles. The van der Waals surface area contributed by atoms with E-state index in [0.29, 0.717) is 12.1 Å². The molecule has 6 nitrogen and oxygen atoms in total. The zero-order valence-electron chi connectivity index (χ0n) is 19.6. The van der Waals surface area contributed by atoms with Gasteiger partial charge in [-0.3, -0.25) is 4.57 Å². The van der Waals surface area contributed by atoms with Gasteiger partial charge in [0.15, 0.2) is 0 Å². The van der Waals surface area contributed by atoms with E-state index in [0.717, 1.165) is 86.4 Å². The molecule has 8 heteroatoms. The lowest BCUT2D eigenvalue weighted by atomic mass is 9.89. The van der Waals surface area contributed by atoms with Gasteiger partial charge in [-0.05, 0) is 68.6 Å². The Kier molecular flexibility index (Phi) is 5.76. The van der Waals surface area contributed by atoms with Crippen molar-refractivity contribution in [2.75, 3.05) is 19.6 Å². The number of hydrogen-bond acceptors (Lipinski definition) is 4. The molecule has 2 aliphatic rings. The fourth-order valence-corrected chi connectivity index (χ4v) is 5.54. The fraction of sp³-hybridized carbons (Fsp3) is 0.407. The summed E-state index contributed by atoms with van der Waals surface area (Å²) in [7, 11) is 0. The molecule has 0 N–H and O–H groups in total. The average molecular weight is 479 g/mol. The Hall–Kier alpha value is -3.26. The lowest BCUT2D eigenvalue weighted by Gasteiger charge is -2.31. The summed E-state index contributed by atoms with van der Waals surface area (Å²) >= 11 is 0. The van der Waals surface area contributed by atoms with E-state index in [4.69, 9.17) is 4.42 Å². The summed E-state index contributed by atoms with van der Waals surface area (Å²) in [6.07, 6.45) is 4.81. The molecule has 0 amide bonds. The number of fused-ring (bicyclic) bond motifs is 2. The number of benzene rings is 2. The highest BCUT2D eigenvalue weighted by Crippen LogP contribution is 2.42. The summed E-state index contributed by atoms with van der Waals surface area (Å²) in [5.74, 6) is 1.31. The van der Waals surface area contributed by atoms with E-state index in [9.17, 15) is 13.6 Å². The Morgan fingerprint density at radius 3 is 2.49 bits per heavy atom. The van der Waals surface area contributed by atoms with Crippen LogP contribution in [0.25, 0.3) is 22.1 Å². The molecule has 0 spiro atoms. The second-order valence-electron chi connectivity index (χ2n) is 9.64. The van der Waals surface area contributed by atoms with Crippen molar-refractivity contribution in [1.29, 1.82) is 0 Å². The Morgan fingerprint density at radius 2 is 1.71 bits per heavy atom. The minimum Gasteiger partial charge on any atom is -0.460 e. The van der Waals surface area contributed by atoms with E-state index in [1.54, 1.807) is 22.9 Å². The monoisotopic (exact) mass is 478 g/mol. The van der Waals surface area contributed by atoms with Gasteiger partial charge in [0, 0.05) is 42.4 Å². The molecule has 4 aromatic rings. The molecule has 6 rings (SSSR count). The quantitative estimate of drug-likeness (QED) is 0.407. The summed E-state index contributed by atoms with van der Waals surface area (Å²) in [6.45, 7) is 3.90. The lowest BCUT2D eigenvalue weighted by Crippen LogP contribution is -2.37. The summed E-state index contributed by atoms with van der Waals surface area (Å²) in [5.41, 5.74) is 2.32. The van der Waals surface area contributed by atoms with Gasteiger partial charge in [0.2, 0.25) is 0 Å². The van der Waals surface area contributed by atoms with E-state index in [2.05, 4.69) is 10.00 Å². The van der Waals surface area contributed by atoms with Gasteiger partial charge >= 0.3 is 5.69 Å². The Balaban J connectivity index is 1.19. The van der Waals surface area contributed by atoms with E-state index >= 15 is 0 Å². The minimum absolute atomic E-state index is 0.00744. The molecule has 0 bridgehead atoms. The highest BCUT2D eigenvalue weighted by Gasteiger charge is 2.28. The van der Waals surface area contributed by atoms with Gasteiger partial charge in [0.05, 0.1) is 6.54 Å². The van der Waals surface area contributed by atoms with Crippen LogP contribution in [0.2, 0.25) is 0 Å². The van der Waals surface area contributed by atoms with Crippen molar-refractivity contribution in [2.24, 2.45) is 0 Å². The molecular weight excluding hydrogens is 450 g/mol. The molecule has 4 heterocycles. The average Bonchev–Trinajstić information content (AvgIpc) is 3.41. The number of aromatic nitrogens is 3. The summed E-state index contributed by atoms with van der Waals surface area (Å²) in [6, 6.07) is 11.0. The van der Waals surface area contributed by atoms with Crippen molar-refractivity contribution in [3.05, 3.63) is 76.2 Å². The number of aryl methyl sites for hydroxylation is 1. The van der Waals surface area contributed by atoms with E-state index in [1.807, 2.05) is 4.57 Å². The SMILES string of the molecule is O=c1n(CCN2CCC(c3oc4cc(F)ccc4c3-c3ccc(F)cc3)CC2)nc2n1CCCC2. The van der Waals surface area contributed by atoms with Crippen molar-refractivity contribution in [3.63, 3.8) is 0 Å².